The van der Waals surface area contributed by atoms with Gasteiger partial charge in [0.15, 0.2) is 0 Å². The minimum Gasteiger partial charge on any atom is -0.457 e. The molecule has 0 bridgehead atoms. The molecule has 0 saturated heterocycles. The number of carbonyl (C=O) groups is 1. The van der Waals surface area contributed by atoms with Gasteiger partial charge in [-0.3, -0.25) is 13.8 Å². The van der Waals surface area contributed by atoms with Crippen LogP contribution in [-0.4, -0.2) is 75.6 Å². The number of likely N-dealkylation sites (N-methyl/N-ethyl adjacent to an activating group) is 1. The molecule has 0 aromatic rings. The third-order valence-corrected chi connectivity index (χ3v) is 11.7. The van der Waals surface area contributed by atoms with E-state index in [4.69, 9.17) is 18.5 Å². The molecule has 0 aliphatic heterocycles. The Labute approximate surface area is 389 Å². The summed E-state index contributed by atoms with van der Waals surface area (Å²) in [5.41, 5.74) is 0. The molecule has 0 aromatic heterocycles. The molecule has 0 amide bonds. The monoisotopic (exact) mass is 905 g/mol. The maximum Gasteiger partial charge on any atom is 0.472 e. The van der Waals surface area contributed by atoms with Crippen LogP contribution in [0.2, 0.25) is 0 Å². The zero-order valence-electron chi connectivity index (χ0n) is 41.5. The third kappa shape index (κ3) is 50.8. The number of phosphoric ester groups is 1. The molecule has 0 saturated carbocycles. The molecule has 8 nitrogen and oxygen atoms in total. The second kappa shape index (κ2) is 46.5. The molecule has 0 radical (unpaired) electrons. The van der Waals surface area contributed by atoms with E-state index in [0.717, 1.165) is 70.6 Å². The summed E-state index contributed by atoms with van der Waals surface area (Å²) in [6, 6.07) is 0. The van der Waals surface area contributed by atoms with E-state index < -0.39 is 13.9 Å². The molecule has 1 N–H and O–H groups in total. The van der Waals surface area contributed by atoms with Crippen LogP contribution in [0.4, 0.5) is 0 Å². The fourth-order valence-electron chi connectivity index (χ4n) is 6.81. The number of unbranched alkanes of at least 4 members (excludes halogenated alkanes) is 21. The zero-order valence-corrected chi connectivity index (χ0v) is 42.4. The van der Waals surface area contributed by atoms with Gasteiger partial charge in [-0.05, 0) is 83.5 Å². The van der Waals surface area contributed by atoms with Crippen molar-refractivity contribution in [1.29, 1.82) is 0 Å². The van der Waals surface area contributed by atoms with Crippen molar-refractivity contribution in [2.75, 3.05) is 54.1 Å². The van der Waals surface area contributed by atoms with E-state index in [1.165, 1.54) is 116 Å². The summed E-state index contributed by atoms with van der Waals surface area (Å²) >= 11 is 0. The summed E-state index contributed by atoms with van der Waals surface area (Å²) < 4.78 is 35.1. The molecular formula is C54H99NO7P+. The van der Waals surface area contributed by atoms with Crippen molar-refractivity contribution in [1.82, 2.24) is 0 Å². The number of carbonyl (C=O) groups excluding carboxylic acids is 1. The molecule has 0 heterocycles. The van der Waals surface area contributed by atoms with Gasteiger partial charge in [0, 0.05) is 13.0 Å². The molecule has 0 spiro atoms. The van der Waals surface area contributed by atoms with E-state index >= 15 is 0 Å². The predicted molar refractivity (Wildman–Crippen MR) is 270 cm³/mol. The Morgan fingerprint density at radius 3 is 1.38 bits per heavy atom. The van der Waals surface area contributed by atoms with Crippen molar-refractivity contribution in [2.24, 2.45) is 0 Å². The molecular weight excluding hydrogens is 806 g/mol. The van der Waals surface area contributed by atoms with E-state index in [2.05, 4.69) is 86.8 Å². The first-order chi connectivity index (χ1) is 30.6. The summed E-state index contributed by atoms with van der Waals surface area (Å²) in [7, 11) is 1.65. The molecule has 2 atom stereocenters. The Morgan fingerprint density at radius 1 is 0.508 bits per heavy atom. The van der Waals surface area contributed by atoms with Crippen LogP contribution >= 0.6 is 7.82 Å². The summed E-state index contributed by atoms with van der Waals surface area (Å²) in [4.78, 5) is 23.0. The van der Waals surface area contributed by atoms with Gasteiger partial charge in [-0.15, -0.1) is 0 Å². The van der Waals surface area contributed by atoms with E-state index in [1.54, 1.807) is 0 Å². The topological polar surface area (TPSA) is 91.3 Å². The summed E-state index contributed by atoms with van der Waals surface area (Å²) in [5.74, 6) is -0.324. The minimum atomic E-state index is -4.29. The van der Waals surface area contributed by atoms with Crippen molar-refractivity contribution in [3.8, 4) is 0 Å². The van der Waals surface area contributed by atoms with E-state index in [-0.39, 0.29) is 25.8 Å². The van der Waals surface area contributed by atoms with Gasteiger partial charge < -0.3 is 18.9 Å². The molecule has 0 aliphatic carbocycles. The Morgan fingerprint density at radius 2 is 0.921 bits per heavy atom. The highest BCUT2D eigenvalue weighted by Crippen LogP contribution is 2.43. The Kier molecular flexibility index (Phi) is 44.9. The SMILES string of the molecule is CC/C=C\C/C=C\C/C=C\C/C=C\CCCCCCCCCCCCCOCC(COP(=O)(O)OCC[N+](C)(C)C)OC(=O)CCCCCCCCC/C=C\C/C=C\CCCCC. The van der Waals surface area contributed by atoms with Crippen LogP contribution in [0.1, 0.15) is 206 Å². The largest absolute Gasteiger partial charge is 0.472 e. The first-order valence-corrected chi connectivity index (χ1v) is 27.2. The molecule has 0 aromatic carbocycles. The van der Waals surface area contributed by atoms with E-state index in [9.17, 15) is 14.3 Å². The maximum absolute atomic E-state index is 12.8. The number of rotatable bonds is 47. The normalized spacial score (nSPS) is 14.2. The van der Waals surface area contributed by atoms with Crippen LogP contribution in [0.5, 0.6) is 0 Å². The predicted octanol–water partition coefficient (Wildman–Crippen LogP) is 15.8. The van der Waals surface area contributed by atoms with Crippen LogP contribution in [0, 0.1) is 0 Å². The first-order valence-electron chi connectivity index (χ1n) is 25.7. The van der Waals surface area contributed by atoms with Crippen molar-refractivity contribution in [3.05, 3.63) is 72.9 Å². The van der Waals surface area contributed by atoms with Gasteiger partial charge in [0.05, 0.1) is 34.4 Å². The lowest BCUT2D eigenvalue weighted by molar-refractivity contribution is -0.870. The number of hydrogen-bond acceptors (Lipinski definition) is 6. The lowest BCUT2D eigenvalue weighted by atomic mass is 10.1. The number of ether oxygens (including phenoxy) is 2. The zero-order chi connectivity index (χ0) is 46.2. The van der Waals surface area contributed by atoms with Crippen LogP contribution in [0.15, 0.2) is 72.9 Å². The van der Waals surface area contributed by atoms with Crippen molar-refractivity contribution in [3.63, 3.8) is 0 Å². The van der Waals surface area contributed by atoms with Crippen LogP contribution < -0.4 is 0 Å². The molecule has 0 fully saturated rings. The molecule has 366 valence electrons. The number of allylic oxidation sites excluding steroid dienone is 12. The lowest BCUT2D eigenvalue weighted by Crippen LogP contribution is -2.37. The maximum atomic E-state index is 12.8. The Hall–Kier alpha value is -2.06. The first kappa shape index (κ1) is 60.9. The van der Waals surface area contributed by atoms with Gasteiger partial charge in [0.25, 0.3) is 0 Å². The van der Waals surface area contributed by atoms with Crippen molar-refractivity contribution < 1.29 is 37.3 Å². The van der Waals surface area contributed by atoms with Gasteiger partial charge in [-0.1, -0.05) is 189 Å². The average molecular weight is 905 g/mol. The average Bonchev–Trinajstić information content (AvgIpc) is 3.24. The van der Waals surface area contributed by atoms with E-state index in [1.807, 2.05) is 21.1 Å². The Bertz CT molecular complexity index is 1230. The van der Waals surface area contributed by atoms with Crippen molar-refractivity contribution in [2.45, 2.75) is 213 Å². The summed E-state index contributed by atoms with van der Waals surface area (Å²) in [6.45, 7) is 5.47. The standard InChI is InChI=1S/C54H98NO7P/c1-6-8-10-12-14-16-18-20-22-24-25-26-27-28-29-30-32-34-36-38-40-42-44-46-49-59-51-53(52-61-63(57,58)60-50-48-55(3,4)5)62-54(56)47-45-43-41-39-37-35-33-31-23-21-19-17-15-13-11-9-7-2/h8,10,14-17,20-23,25-26,53H,6-7,9,11-13,18-19,24,27-52H2,1-5H3/p+1/b10-8-,16-14-,17-15-,22-20-,23-21-,26-25-. The van der Waals surface area contributed by atoms with E-state index in [0.29, 0.717) is 24.1 Å². The smallest absolute Gasteiger partial charge is 0.457 e. The highest BCUT2D eigenvalue weighted by molar-refractivity contribution is 7.47. The summed E-state index contributed by atoms with van der Waals surface area (Å²) in [5, 5.41) is 0. The number of phosphoric acid groups is 1. The van der Waals surface area contributed by atoms with Crippen LogP contribution in [-0.2, 0) is 27.9 Å². The second-order valence-corrected chi connectivity index (χ2v) is 19.6. The van der Waals surface area contributed by atoms with Gasteiger partial charge in [-0.2, -0.15) is 0 Å². The second-order valence-electron chi connectivity index (χ2n) is 18.2. The third-order valence-electron chi connectivity index (χ3n) is 10.8. The molecule has 63 heavy (non-hydrogen) atoms. The molecule has 0 rings (SSSR count). The molecule has 9 heteroatoms. The van der Waals surface area contributed by atoms with Gasteiger partial charge in [0.1, 0.15) is 19.3 Å². The van der Waals surface area contributed by atoms with Crippen LogP contribution in [0.25, 0.3) is 0 Å². The number of nitrogens with zero attached hydrogens (tertiary/aromatic N) is 1. The van der Waals surface area contributed by atoms with Gasteiger partial charge in [-0.25, -0.2) is 4.57 Å². The summed E-state index contributed by atoms with van der Waals surface area (Å²) in [6.07, 6.45) is 60.9. The number of quaternary nitrogens is 1. The highest BCUT2D eigenvalue weighted by Gasteiger charge is 2.26. The minimum absolute atomic E-state index is 0.0835. The fourth-order valence-corrected chi connectivity index (χ4v) is 7.55. The number of esters is 1. The Balaban J connectivity index is 4.14. The molecule has 2 unspecified atom stereocenters. The van der Waals surface area contributed by atoms with Gasteiger partial charge in [0.2, 0.25) is 0 Å². The number of hydrogen-bond donors (Lipinski definition) is 1. The van der Waals surface area contributed by atoms with Gasteiger partial charge >= 0.3 is 13.8 Å². The van der Waals surface area contributed by atoms with Crippen LogP contribution in [0.3, 0.4) is 0 Å². The fraction of sp³-hybridized carbons (Fsp3) is 0.759. The molecule has 0 aliphatic rings. The quantitative estimate of drug-likeness (QED) is 0.0214. The van der Waals surface area contributed by atoms with Crippen molar-refractivity contribution >= 4 is 13.8 Å². The lowest BCUT2D eigenvalue weighted by Gasteiger charge is -2.24. The highest BCUT2D eigenvalue weighted by atomic mass is 31.2.